The first kappa shape index (κ1) is 18.5. The molecule has 0 radical (unpaired) electrons. The van der Waals surface area contributed by atoms with E-state index < -0.39 is 4.92 Å². The summed E-state index contributed by atoms with van der Waals surface area (Å²) in [5.74, 6) is 0.736. The van der Waals surface area contributed by atoms with Gasteiger partial charge in [-0.05, 0) is 54.4 Å². The Bertz CT molecular complexity index is 1180. The molecule has 2 aromatic rings. The molecular formula is C22H16ClN3O5. The van der Waals surface area contributed by atoms with Gasteiger partial charge in [0.05, 0.1) is 28.5 Å². The molecule has 0 N–H and O–H groups in total. The van der Waals surface area contributed by atoms with Crippen LogP contribution in [0.5, 0.6) is 0 Å². The normalized spacial score (nSPS) is 32.6. The standard InChI is InChI=1S/C22H16ClN3O5/c23-10-1-3-14(17(7-10)26(29)30)18-6-2-11(31-18)9-24-25-21(27)19-12-4-5-13(16-8-15(12)16)20(19)22(25)28/h1-7,9,12-13,15-16,19-20H,8H2/b24-9+/t12-,13-,15-,16-,19+,20+/m1/s1. The lowest BCUT2D eigenvalue weighted by Gasteiger charge is -2.37. The van der Waals surface area contributed by atoms with Gasteiger partial charge in [0.15, 0.2) is 0 Å². The van der Waals surface area contributed by atoms with Crippen LogP contribution in [0, 0.1) is 45.6 Å². The second-order valence-electron chi connectivity index (χ2n) is 8.51. The van der Waals surface area contributed by atoms with Crippen molar-refractivity contribution in [1.82, 2.24) is 5.01 Å². The van der Waals surface area contributed by atoms with Crippen molar-refractivity contribution < 1.29 is 18.9 Å². The van der Waals surface area contributed by atoms with E-state index in [1.54, 1.807) is 12.1 Å². The van der Waals surface area contributed by atoms with Gasteiger partial charge in [-0.2, -0.15) is 10.1 Å². The molecule has 0 spiro atoms. The zero-order valence-corrected chi connectivity index (χ0v) is 16.8. The van der Waals surface area contributed by atoms with E-state index in [4.69, 9.17) is 16.0 Å². The number of hydrogen-bond donors (Lipinski definition) is 0. The first-order chi connectivity index (χ1) is 14.9. The molecule has 6 atom stereocenters. The first-order valence-electron chi connectivity index (χ1n) is 10.1. The number of imide groups is 1. The highest BCUT2D eigenvalue weighted by molar-refractivity contribution is 6.30. The minimum Gasteiger partial charge on any atom is -0.455 e. The van der Waals surface area contributed by atoms with Crippen molar-refractivity contribution in [2.24, 2.45) is 40.6 Å². The van der Waals surface area contributed by atoms with Gasteiger partial charge in [-0.3, -0.25) is 19.7 Å². The minimum atomic E-state index is -0.534. The second kappa shape index (κ2) is 6.37. The number of nitro benzene ring substituents is 1. The summed E-state index contributed by atoms with van der Waals surface area (Å²) in [5.41, 5.74) is 0.0936. The molecule has 3 fully saturated rings. The summed E-state index contributed by atoms with van der Waals surface area (Å²) < 4.78 is 5.67. The molecule has 0 unspecified atom stereocenters. The van der Waals surface area contributed by atoms with Gasteiger partial charge in [-0.1, -0.05) is 23.8 Å². The molecule has 1 aliphatic heterocycles. The lowest BCUT2D eigenvalue weighted by Crippen LogP contribution is -2.40. The Morgan fingerprint density at radius 2 is 1.77 bits per heavy atom. The third-order valence-corrected chi connectivity index (χ3v) is 7.22. The van der Waals surface area contributed by atoms with Crippen LogP contribution >= 0.6 is 11.6 Å². The van der Waals surface area contributed by atoms with Gasteiger partial charge in [0.1, 0.15) is 11.5 Å². The number of hydrogen-bond acceptors (Lipinski definition) is 6. The summed E-state index contributed by atoms with van der Waals surface area (Å²) >= 11 is 5.86. The van der Waals surface area contributed by atoms with Crippen molar-refractivity contribution in [3.05, 3.63) is 63.4 Å². The molecule has 8 nitrogen and oxygen atoms in total. The van der Waals surface area contributed by atoms with Gasteiger partial charge in [0.25, 0.3) is 17.5 Å². The molecule has 156 valence electrons. The average Bonchev–Trinajstić information content (AvgIpc) is 3.39. The van der Waals surface area contributed by atoms with E-state index in [9.17, 15) is 19.7 Å². The molecule has 31 heavy (non-hydrogen) atoms. The van der Waals surface area contributed by atoms with E-state index in [0.29, 0.717) is 11.8 Å². The first-order valence-corrected chi connectivity index (χ1v) is 10.5. The predicted octanol–water partition coefficient (Wildman–Crippen LogP) is 3.90. The summed E-state index contributed by atoms with van der Waals surface area (Å²) in [6.45, 7) is 0. The van der Waals surface area contributed by atoms with E-state index in [2.05, 4.69) is 17.3 Å². The van der Waals surface area contributed by atoms with Gasteiger partial charge in [-0.15, -0.1) is 0 Å². The van der Waals surface area contributed by atoms with Crippen LogP contribution in [0.4, 0.5) is 5.69 Å². The molecule has 5 aliphatic rings. The zero-order valence-electron chi connectivity index (χ0n) is 16.1. The van der Waals surface area contributed by atoms with E-state index >= 15 is 0 Å². The number of carbonyl (C=O) groups excluding carboxylic acids is 2. The number of carbonyl (C=O) groups is 2. The number of nitrogens with zero attached hydrogens (tertiary/aromatic N) is 3. The molecule has 1 aromatic carbocycles. The van der Waals surface area contributed by atoms with E-state index in [1.165, 1.54) is 24.4 Å². The minimum absolute atomic E-state index is 0.136. The Balaban J connectivity index is 1.26. The summed E-state index contributed by atoms with van der Waals surface area (Å²) in [6.07, 6.45) is 6.62. The molecule has 2 bridgehead atoms. The van der Waals surface area contributed by atoms with Crippen molar-refractivity contribution in [3.8, 4) is 11.3 Å². The van der Waals surface area contributed by atoms with Gasteiger partial charge < -0.3 is 4.42 Å². The zero-order chi connectivity index (χ0) is 21.4. The third kappa shape index (κ3) is 2.64. The highest BCUT2D eigenvalue weighted by Crippen LogP contribution is 2.65. The number of benzene rings is 1. The van der Waals surface area contributed by atoms with Crippen molar-refractivity contribution >= 4 is 35.3 Å². The van der Waals surface area contributed by atoms with Crippen molar-refractivity contribution in [3.63, 3.8) is 0 Å². The quantitative estimate of drug-likeness (QED) is 0.237. The van der Waals surface area contributed by atoms with Gasteiger partial charge in [-0.25, -0.2) is 0 Å². The van der Waals surface area contributed by atoms with Crippen molar-refractivity contribution in [1.29, 1.82) is 0 Å². The summed E-state index contributed by atoms with van der Waals surface area (Å²) in [5, 5.41) is 16.7. The monoisotopic (exact) mass is 437 g/mol. The van der Waals surface area contributed by atoms with Gasteiger partial charge in [0.2, 0.25) is 0 Å². The fourth-order valence-corrected chi connectivity index (χ4v) is 5.77. The SMILES string of the molecule is O=C1[C@H]2[C@@H]3C=C[C@H]([C@H]4C[C@H]34)[C@@H]2C(=O)N1/N=C/c1ccc(-c2ccc(Cl)cc2[N+](=O)[O-])o1. The van der Waals surface area contributed by atoms with Crippen LogP contribution in [0.15, 0.2) is 52.0 Å². The topological polar surface area (TPSA) is 106 Å². The number of furan rings is 1. The smallest absolute Gasteiger partial charge is 0.281 e. The largest absolute Gasteiger partial charge is 0.455 e. The van der Waals surface area contributed by atoms with Crippen LogP contribution in [-0.4, -0.2) is 28.0 Å². The van der Waals surface area contributed by atoms with Crippen LogP contribution in [0.1, 0.15) is 12.2 Å². The number of allylic oxidation sites excluding steroid dienone is 2. The maximum atomic E-state index is 12.9. The predicted molar refractivity (Wildman–Crippen MR) is 110 cm³/mol. The molecule has 1 aromatic heterocycles. The van der Waals surface area contributed by atoms with Crippen LogP contribution < -0.4 is 0 Å². The Labute approximate surface area is 181 Å². The molecule has 1 saturated heterocycles. The number of halogens is 1. The molecule has 4 aliphatic carbocycles. The van der Waals surface area contributed by atoms with Crippen LogP contribution in [0.2, 0.25) is 5.02 Å². The Morgan fingerprint density at radius 1 is 1.10 bits per heavy atom. The Morgan fingerprint density at radius 3 is 2.42 bits per heavy atom. The summed E-state index contributed by atoms with van der Waals surface area (Å²) in [6, 6.07) is 7.45. The maximum absolute atomic E-state index is 12.9. The summed E-state index contributed by atoms with van der Waals surface area (Å²) in [7, 11) is 0. The molecule has 9 heteroatoms. The summed E-state index contributed by atoms with van der Waals surface area (Å²) in [4.78, 5) is 36.7. The van der Waals surface area contributed by atoms with Crippen molar-refractivity contribution in [2.45, 2.75) is 6.42 Å². The van der Waals surface area contributed by atoms with Crippen LogP contribution in [0.25, 0.3) is 11.3 Å². The van der Waals surface area contributed by atoms with Crippen LogP contribution in [0.3, 0.4) is 0 Å². The molecule has 7 rings (SSSR count). The van der Waals surface area contributed by atoms with Gasteiger partial charge >= 0.3 is 0 Å². The number of hydrazone groups is 1. The van der Waals surface area contributed by atoms with E-state index in [1.807, 2.05) is 0 Å². The fraction of sp³-hybridized carbons (Fsp3) is 0.318. The average molecular weight is 438 g/mol. The third-order valence-electron chi connectivity index (χ3n) is 6.99. The highest BCUT2D eigenvalue weighted by Gasteiger charge is 2.67. The molecular weight excluding hydrogens is 422 g/mol. The molecule has 2 amide bonds. The number of amides is 2. The van der Waals surface area contributed by atoms with E-state index in [0.717, 1.165) is 11.4 Å². The lowest BCUT2D eigenvalue weighted by atomic mass is 9.63. The van der Waals surface area contributed by atoms with E-state index in [-0.39, 0.29) is 63.3 Å². The Hall–Kier alpha value is -3.26. The number of rotatable bonds is 4. The lowest BCUT2D eigenvalue weighted by molar-refractivity contribution is -0.384. The highest BCUT2D eigenvalue weighted by atomic mass is 35.5. The van der Waals surface area contributed by atoms with Crippen molar-refractivity contribution in [2.75, 3.05) is 0 Å². The van der Waals surface area contributed by atoms with Gasteiger partial charge in [0, 0.05) is 11.1 Å². The fourth-order valence-electron chi connectivity index (χ4n) is 5.60. The maximum Gasteiger partial charge on any atom is 0.281 e. The number of nitro groups is 1. The molecule has 2 saturated carbocycles. The second-order valence-corrected chi connectivity index (χ2v) is 8.94. The Kier molecular flexibility index (Phi) is 3.80. The molecule has 2 heterocycles. The van der Waals surface area contributed by atoms with Crippen LogP contribution in [-0.2, 0) is 9.59 Å².